The zero-order valence-corrected chi connectivity index (χ0v) is 12.8. The Morgan fingerprint density at radius 2 is 2.18 bits per heavy atom. The molecule has 22 heavy (non-hydrogen) atoms. The fourth-order valence-corrected chi connectivity index (χ4v) is 2.80. The third kappa shape index (κ3) is 3.33. The number of aromatic nitrogens is 3. The molecule has 1 fully saturated rings. The van der Waals surface area contributed by atoms with Gasteiger partial charge >= 0.3 is 0 Å². The summed E-state index contributed by atoms with van der Waals surface area (Å²) in [5, 5.41) is 7.73. The molecule has 1 amide bonds. The second-order valence-electron chi connectivity index (χ2n) is 5.61. The van der Waals surface area contributed by atoms with E-state index in [1.165, 1.54) is 0 Å². The van der Waals surface area contributed by atoms with Gasteiger partial charge in [0.1, 0.15) is 0 Å². The first-order chi connectivity index (χ1) is 10.7. The SMILES string of the molecule is Cn1cc(CNCC(=O)N2CCCC2)c(-c2cccnc2)n1. The molecule has 0 aliphatic carbocycles. The lowest BCUT2D eigenvalue weighted by atomic mass is 10.1. The van der Waals surface area contributed by atoms with E-state index < -0.39 is 0 Å². The minimum atomic E-state index is 0.185. The van der Waals surface area contributed by atoms with Gasteiger partial charge in [0.2, 0.25) is 5.91 Å². The molecule has 3 rings (SSSR count). The lowest BCUT2D eigenvalue weighted by Gasteiger charge is -2.15. The Labute approximate surface area is 130 Å². The van der Waals surface area contributed by atoms with Crippen LogP contribution in [0.2, 0.25) is 0 Å². The van der Waals surface area contributed by atoms with Gasteiger partial charge in [-0.15, -0.1) is 0 Å². The van der Waals surface area contributed by atoms with Crippen LogP contribution >= 0.6 is 0 Å². The highest BCUT2D eigenvalue weighted by Crippen LogP contribution is 2.20. The molecule has 6 heteroatoms. The smallest absolute Gasteiger partial charge is 0.236 e. The number of carbonyl (C=O) groups is 1. The number of likely N-dealkylation sites (tertiary alicyclic amines) is 1. The van der Waals surface area contributed by atoms with E-state index in [1.807, 2.05) is 30.3 Å². The number of aryl methyl sites for hydroxylation is 1. The van der Waals surface area contributed by atoms with Crippen LogP contribution in [0.15, 0.2) is 30.7 Å². The molecule has 0 unspecified atom stereocenters. The van der Waals surface area contributed by atoms with Crippen molar-refractivity contribution in [3.05, 3.63) is 36.3 Å². The Kier molecular flexibility index (Phi) is 4.48. The van der Waals surface area contributed by atoms with Crippen molar-refractivity contribution in [3.8, 4) is 11.3 Å². The van der Waals surface area contributed by atoms with E-state index in [4.69, 9.17) is 0 Å². The summed E-state index contributed by atoms with van der Waals surface area (Å²) in [6.07, 6.45) is 7.79. The number of pyridine rings is 1. The molecular formula is C16H21N5O. The maximum Gasteiger partial charge on any atom is 0.236 e. The maximum atomic E-state index is 12.0. The molecule has 1 saturated heterocycles. The molecular weight excluding hydrogens is 278 g/mol. The second kappa shape index (κ2) is 6.70. The van der Waals surface area contributed by atoms with Crippen molar-refractivity contribution >= 4 is 5.91 Å². The fourth-order valence-electron chi connectivity index (χ4n) is 2.80. The third-order valence-electron chi connectivity index (χ3n) is 3.89. The quantitative estimate of drug-likeness (QED) is 0.901. The number of nitrogens with zero attached hydrogens (tertiary/aromatic N) is 4. The largest absolute Gasteiger partial charge is 0.342 e. The first-order valence-corrected chi connectivity index (χ1v) is 7.65. The van der Waals surface area contributed by atoms with Crippen molar-refractivity contribution in [1.29, 1.82) is 0 Å². The lowest BCUT2D eigenvalue weighted by molar-refractivity contribution is -0.129. The number of hydrogen-bond acceptors (Lipinski definition) is 4. The van der Waals surface area contributed by atoms with Gasteiger partial charge in [-0.25, -0.2) is 0 Å². The van der Waals surface area contributed by atoms with Gasteiger partial charge in [-0.05, 0) is 25.0 Å². The first-order valence-electron chi connectivity index (χ1n) is 7.65. The highest BCUT2D eigenvalue weighted by atomic mass is 16.2. The van der Waals surface area contributed by atoms with Gasteiger partial charge < -0.3 is 10.2 Å². The number of nitrogens with one attached hydrogen (secondary N) is 1. The minimum absolute atomic E-state index is 0.185. The normalized spacial score (nSPS) is 14.5. The predicted octanol–water partition coefficient (Wildman–Crippen LogP) is 1.19. The summed E-state index contributed by atoms with van der Waals surface area (Å²) in [6.45, 7) is 2.79. The molecule has 0 radical (unpaired) electrons. The molecule has 1 N–H and O–H groups in total. The third-order valence-corrected chi connectivity index (χ3v) is 3.89. The monoisotopic (exact) mass is 299 g/mol. The Hall–Kier alpha value is -2.21. The van der Waals surface area contributed by atoms with Crippen molar-refractivity contribution in [2.24, 2.45) is 7.05 Å². The second-order valence-corrected chi connectivity index (χ2v) is 5.61. The number of carbonyl (C=O) groups excluding carboxylic acids is 1. The summed E-state index contributed by atoms with van der Waals surface area (Å²) in [4.78, 5) is 18.1. The highest BCUT2D eigenvalue weighted by molar-refractivity contribution is 5.78. The number of rotatable bonds is 5. The fraction of sp³-hybridized carbons (Fsp3) is 0.438. The Balaban J connectivity index is 1.62. The molecule has 2 aromatic rings. The average molecular weight is 299 g/mol. The summed E-state index contributed by atoms with van der Waals surface area (Å²) in [5.41, 5.74) is 2.98. The van der Waals surface area contributed by atoms with Crippen LogP contribution in [0.4, 0.5) is 0 Å². The Bertz CT molecular complexity index is 631. The first kappa shape index (κ1) is 14.7. The summed E-state index contributed by atoms with van der Waals surface area (Å²) >= 11 is 0. The predicted molar refractivity (Wildman–Crippen MR) is 84.0 cm³/mol. The van der Waals surface area contributed by atoms with E-state index in [2.05, 4.69) is 15.4 Å². The van der Waals surface area contributed by atoms with Crippen LogP contribution in [0, 0.1) is 0 Å². The van der Waals surface area contributed by atoms with Gasteiger partial charge in [0, 0.05) is 56.4 Å². The van der Waals surface area contributed by atoms with Crippen LogP contribution in [0.1, 0.15) is 18.4 Å². The average Bonchev–Trinajstić information content (AvgIpc) is 3.18. The summed E-state index contributed by atoms with van der Waals surface area (Å²) in [5.74, 6) is 0.185. The maximum absolute atomic E-state index is 12.0. The van der Waals surface area contributed by atoms with E-state index in [0.29, 0.717) is 13.1 Å². The van der Waals surface area contributed by atoms with Crippen molar-refractivity contribution in [3.63, 3.8) is 0 Å². The van der Waals surface area contributed by atoms with Gasteiger partial charge in [-0.1, -0.05) is 0 Å². The van der Waals surface area contributed by atoms with Crippen LogP contribution in [0.3, 0.4) is 0 Å². The van der Waals surface area contributed by atoms with E-state index in [0.717, 1.165) is 42.8 Å². The van der Waals surface area contributed by atoms with Crippen molar-refractivity contribution < 1.29 is 4.79 Å². The van der Waals surface area contributed by atoms with Crippen LogP contribution in [0.25, 0.3) is 11.3 Å². The highest BCUT2D eigenvalue weighted by Gasteiger charge is 2.17. The van der Waals surface area contributed by atoms with Gasteiger partial charge in [0.05, 0.1) is 12.2 Å². The molecule has 3 heterocycles. The van der Waals surface area contributed by atoms with E-state index in [-0.39, 0.29) is 5.91 Å². The van der Waals surface area contributed by atoms with E-state index in [9.17, 15) is 4.79 Å². The molecule has 2 aromatic heterocycles. The zero-order chi connectivity index (χ0) is 15.4. The van der Waals surface area contributed by atoms with Gasteiger partial charge in [0.15, 0.2) is 0 Å². The van der Waals surface area contributed by atoms with Crippen molar-refractivity contribution in [2.45, 2.75) is 19.4 Å². The van der Waals surface area contributed by atoms with Crippen LogP contribution in [-0.2, 0) is 18.4 Å². The molecule has 1 aliphatic heterocycles. The summed E-state index contributed by atoms with van der Waals surface area (Å²) in [6, 6.07) is 3.90. The van der Waals surface area contributed by atoms with Crippen LogP contribution in [-0.4, -0.2) is 45.2 Å². The topological polar surface area (TPSA) is 63.1 Å². The van der Waals surface area contributed by atoms with Gasteiger partial charge in [0.25, 0.3) is 0 Å². The number of hydrogen-bond donors (Lipinski definition) is 1. The van der Waals surface area contributed by atoms with Crippen LogP contribution in [0.5, 0.6) is 0 Å². The van der Waals surface area contributed by atoms with Gasteiger partial charge in [-0.3, -0.25) is 14.5 Å². The minimum Gasteiger partial charge on any atom is -0.342 e. The van der Waals surface area contributed by atoms with E-state index in [1.54, 1.807) is 17.1 Å². The zero-order valence-electron chi connectivity index (χ0n) is 12.8. The molecule has 0 saturated carbocycles. The molecule has 0 aromatic carbocycles. The molecule has 0 atom stereocenters. The van der Waals surface area contributed by atoms with Crippen molar-refractivity contribution in [2.75, 3.05) is 19.6 Å². The summed E-state index contributed by atoms with van der Waals surface area (Å²) in [7, 11) is 1.90. The van der Waals surface area contributed by atoms with Crippen molar-refractivity contribution in [1.82, 2.24) is 25.0 Å². The summed E-state index contributed by atoms with van der Waals surface area (Å²) < 4.78 is 1.79. The molecule has 1 aliphatic rings. The molecule has 116 valence electrons. The van der Waals surface area contributed by atoms with Gasteiger partial charge in [-0.2, -0.15) is 5.10 Å². The molecule has 0 bridgehead atoms. The molecule has 0 spiro atoms. The Morgan fingerprint density at radius 3 is 2.91 bits per heavy atom. The molecule has 6 nitrogen and oxygen atoms in total. The van der Waals surface area contributed by atoms with E-state index >= 15 is 0 Å². The van der Waals surface area contributed by atoms with Crippen LogP contribution < -0.4 is 5.32 Å². The standard InChI is InChI=1S/C16H21N5O/c1-20-12-14(16(19-20)13-5-4-6-17-9-13)10-18-11-15(22)21-7-2-3-8-21/h4-6,9,12,18H,2-3,7-8,10-11H2,1H3. The Morgan fingerprint density at radius 1 is 1.36 bits per heavy atom. The lowest BCUT2D eigenvalue weighted by Crippen LogP contribution is -2.36. The number of amides is 1.